The molecule has 0 aliphatic heterocycles. The number of ether oxygens (including phenoxy) is 1. The minimum absolute atomic E-state index is 0.102. The minimum Gasteiger partial charge on any atom is -0.497 e. The molecule has 1 aromatic carbocycles. The second-order valence-electron chi connectivity index (χ2n) is 10.9. The van der Waals surface area contributed by atoms with E-state index in [1.54, 1.807) is 24.3 Å². The van der Waals surface area contributed by atoms with Crippen LogP contribution in [0.3, 0.4) is 0 Å². The quantitative estimate of drug-likeness (QED) is 0.277. The maximum Gasteiger partial charge on any atom is 0.360 e. The fourth-order valence-electron chi connectivity index (χ4n) is 4.88. The summed E-state index contributed by atoms with van der Waals surface area (Å²) in [6, 6.07) is 5.60. The number of benzene rings is 1. The van der Waals surface area contributed by atoms with Gasteiger partial charge in [0, 0.05) is 12.1 Å². The van der Waals surface area contributed by atoms with Crippen LogP contribution in [0, 0.1) is 5.92 Å². The van der Waals surface area contributed by atoms with Crippen molar-refractivity contribution in [3.8, 4) is 5.75 Å². The molecule has 0 saturated heterocycles. The Morgan fingerprint density at radius 2 is 1.44 bits per heavy atom. The van der Waals surface area contributed by atoms with Crippen LogP contribution in [-0.2, 0) is 9.59 Å². The zero-order valence-electron chi connectivity index (χ0n) is 23.9. The number of methoxy groups -OCH3 is 1. The Morgan fingerprint density at radius 3 is 1.90 bits per heavy atom. The van der Waals surface area contributed by atoms with Crippen LogP contribution in [0.1, 0.15) is 91.4 Å². The van der Waals surface area contributed by atoms with E-state index in [0.29, 0.717) is 17.9 Å². The molecule has 0 heterocycles. The lowest BCUT2D eigenvalue weighted by Crippen LogP contribution is -2.50. The molecule has 2 unspecified atom stereocenters. The molecule has 10 heteroatoms. The van der Waals surface area contributed by atoms with Crippen LogP contribution in [0.25, 0.3) is 0 Å². The van der Waals surface area contributed by atoms with Crippen LogP contribution in [0.4, 0.5) is 10.5 Å². The molecular formula is C29H47N5O5. The van der Waals surface area contributed by atoms with Crippen molar-refractivity contribution in [3.05, 3.63) is 24.3 Å². The first kappa shape index (κ1) is 32.2. The van der Waals surface area contributed by atoms with Crippen molar-refractivity contribution in [3.63, 3.8) is 0 Å². The van der Waals surface area contributed by atoms with Gasteiger partial charge in [0.15, 0.2) is 0 Å². The molecule has 2 saturated carbocycles. The molecule has 10 nitrogen and oxygen atoms in total. The first-order chi connectivity index (χ1) is 18.7. The molecule has 0 bridgehead atoms. The lowest BCUT2D eigenvalue weighted by molar-refractivity contribution is -0.141. The van der Waals surface area contributed by atoms with Gasteiger partial charge in [-0.05, 0) is 69.2 Å². The summed E-state index contributed by atoms with van der Waals surface area (Å²) in [4.78, 5) is 35.0. The predicted molar refractivity (Wildman–Crippen MR) is 151 cm³/mol. The first-order valence-corrected chi connectivity index (χ1v) is 14.3. The normalized spacial score (nSPS) is 18.1. The van der Waals surface area contributed by atoms with Crippen molar-refractivity contribution in [2.75, 3.05) is 7.11 Å². The molecule has 1 aromatic rings. The number of nitrogens with one attached hydrogen (secondary N) is 3. The highest BCUT2D eigenvalue weighted by molar-refractivity contribution is 5.90. The summed E-state index contributed by atoms with van der Waals surface area (Å²) >= 11 is 0. The first-order valence-electron chi connectivity index (χ1n) is 14.3. The average Bonchev–Trinajstić information content (AvgIpc) is 2.93. The van der Waals surface area contributed by atoms with Crippen LogP contribution in [0.5, 0.6) is 5.75 Å². The zero-order chi connectivity index (χ0) is 28.6. The third-order valence-electron chi connectivity index (χ3n) is 7.06. The van der Waals surface area contributed by atoms with Gasteiger partial charge in [0.05, 0.1) is 12.8 Å². The molecule has 4 N–H and O–H groups in total. The highest BCUT2D eigenvalue weighted by atomic mass is 16.5. The number of carbonyl (C=O) groups excluding carboxylic acids is 2. The van der Waals surface area contributed by atoms with Crippen molar-refractivity contribution in [2.24, 2.45) is 16.1 Å². The van der Waals surface area contributed by atoms with Crippen LogP contribution in [0.15, 0.2) is 34.5 Å². The highest BCUT2D eigenvalue weighted by Gasteiger charge is 2.25. The van der Waals surface area contributed by atoms with Gasteiger partial charge in [0.1, 0.15) is 17.8 Å². The van der Waals surface area contributed by atoms with Gasteiger partial charge < -0.3 is 25.8 Å². The Morgan fingerprint density at radius 1 is 0.897 bits per heavy atom. The third kappa shape index (κ3) is 13.1. The van der Waals surface area contributed by atoms with Gasteiger partial charge >= 0.3 is 12.0 Å². The number of nitrogens with zero attached hydrogens (tertiary/aromatic N) is 2. The number of rotatable bonds is 10. The molecule has 2 atom stereocenters. The van der Waals surface area contributed by atoms with Crippen LogP contribution >= 0.6 is 0 Å². The Kier molecular flexibility index (Phi) is 14.5. The monoisotopic (exact) mass is 545 g/mol. The van der Waals surface area contributed by atoms with Crippen LogP contribution in [-0.4, -0.2) is 54.3 Å². The summed E-state index contributed by atoms with van der Waals surface area (Å²) in [5, 5.41) is 24.9. The van der Waals surface area contributed by atoms with E-state index in [0.717, 1.165) is 12.1 Å². The van der Waals surface area contributed by atoms with Crippen LogP contribution in [0.2, 0.25) is 0 Å². The van der Waals surface area contributed by atoms with Gasteiger partial charge in [-0.25, -0.2) is 4.79 Å². The van der Waals surface area contributed by atoms with Crippen molar-refractivity contribution >= 4 is 23.6 Å². The van der Waals surface area contributed by atoms with Crippen molar-refractivity contribution in [2.45, 2.75) is 116 Å². The molecule has 3 amide bonds. The third-order valence-corrected chi connectivity index (χ3v) is 7.06. The van der Waals surface area contributed by atoms with Crippen molar-refractivity contribution in [1.82, 2.24) is 16.0 Å². The van der Waals surface area contributed by atoms with Gasteiger partial charge in [0.2, 0.25) is 5.91 Å². The highest BCUT2D eigenvalue weighted by Crippen LogP contribution is 2.22. The van der Waals surface area contributed by atoms with E-state index in [4.69, 9.17) is 9.84 Å². The summed E-state index contributed by atoms with van der Waals surface area (Å²) in [5.41, 5.74) is 0.449. The largest absolute Gasteiger partial charge is 0.497 e. The van der Waals surface area contributed by atoms with E-state index in [1.165, 1.54) is 78.2 Å². The van der Waals surface area contributed by atoms with E-state index in [2.05, 4.69) is 26.2 Å². The molecule has 218 valence electrons. The van der Waals surface area contributed by atoms with Gasteiger partial charge in [-0.3, -0.25) is 9.59 Å². The van der Waals surface area contributed by atoms with Crippen molar-refractivity contribution < 1.29 is 24.2 Å². The molecule has 0 aromatic heterocycles. The number of amides is 3. The Hall–Kier alpha value is -3.01. The molecule has 3 rings (SSSR count). The minimum atomic E-state index is -1.16. The summed E-state index contributed by atoms with van der Waals surface area (Å²) in [6.07, 6.45) is 14.9. The molecular weight excluding hydrogens is 498 g/mol. The smallest absolute Gasteiger partial charge is 0.360 e. The summed E-state index contributed by atoms with van der Waals surface area (Å²) in [7, 11) is 1.54. The number of hydrogen-bond acceptors (Lipinski definition) is 6. The summed E-state index contributed by atoms with van der Waals surface area (Å²) < 4.78 is 5.02. The summed E-state index contributed by atoms with van der Waals surface area (Å²) in [5.74, 6) is -0.993. The van der Waals surface area contributed by atoms with E-state index in [-0.39, 0.29) is 5.92 Å². The predicted octanol–water partition coefficient (Wildman–Crippen LogP) is 5.73. The molecule has 39 heavy (non-hydrogen) atoms. The molecule has 2 fully saturated rings. The number of carbonyl (C=O) groups is 3. The lowest BCUT2D eigenvalue weighted by Gasteiger charge is -2.30. The maximum absolute atomic E-state index is 12.2. The van der Waals surface area contributed by atoms with Gasteiger partial charge in [-0.2, -0.15) is 0 Å². The zero-order valence-corrected chi connectivity index (χ0v) is 23.9. The topological polar surface area (TPSA) is 141 Å². The Bertz CT molecular complexity index is 893. The van der Waals surface area contributed by atoms with E-state index in [9.17, 15) is 14.4 Å². The van der Waals surface area contributed by atoms with Gasteiger partial charge in [0.25, 0.3) is 0 Å². The van der Waals surface area contributed by atoms with E-state index < -0.39 is 30.0 Å². The van der Waals surface area contributed by atoms with Crippen LogP contribution < -0.4 is 20.7 Å². The standard InChI is InChI=1S/C17H24N4O5.C12H23N/c1-10(2)9-14(15(22)18-11(3)16(23)24)19-17(25)21-20-12-5-7-13(26-4)8-6-12;1-3-7-11(8-4-1)13-12-9-5-2-6-10-12/h5-8,10-11,14H,9H2,1-4H3,(H,18,22)(H,19,25)(H,23,24);11-13H,1-10H2. The Labute approximate surface area is 232 Å². The fraction of sp³-hybridized carbons (Fsp3) is 0.690. The number of urea groups is 1. The van der Waals surface area contributed by atoms with E-state index >= 15 is 0 Å². The number of azo groups is 1. The van der Waals surface area contributed by atoms with E-state index in [1.807, 2.05) is 13.8 Å². The molecule has 0 spiro atoms. The number of carboxylic acids is 1. The van der Waals surface area contributed by atoms with Gasteiger partial charge in [-0.1, -0.05) is 57.5 Å². The van der Waals surface area contributed by atoms with Crippen molar-refractivity contribution in [1.29, 1.82) is 0 Å². The average molecular weight is 546 g/mol. The lowest BCUT2D eigenvalue weighted by atomic mass is 9.91. The second-order valence-corrected chi connectivity index (χ2v) is 10.9. The number of aliphatic carboxylic acids is 1. The number of hydrogen-bond donors (Lipinski definition) is 4. The SMILES string of the molecule is C1CCC(NC2CCCCC2)CC1.COc1ccc(N=NC(=O)NC(CC(C)C)C(=O)NC(C)C(=O)O)cc1. The second kappa shape index (κ2) is 17.6. The number of carboxylic acid groups (broad SMARTS) is 1. The Balaban J connectivity index is 0.000000338. The maximum atomic E-state index is 12.2. The molecule has 2 aliphatic carbocycles. The summed E-state index contributed by atoms with van der Waals surface area (Å²) in [6.45, 7) is 5.11. The fourth-order valence-corrected chi connectivity index (χ4v) is 4.88. The molecule has 2 aliphatic rings. The van der Waals surface area contributed by atoms with Gasteiger partial charge in [-0.15, -0.1) is 5.11 Å². The molecule has 0 radical (unpaired) electrons.